The second kappa shape index (κ2) is 4.93. The molecule has 0 aromatic carbocycles. The zero-order valence-corrected chi connectivity index (χ0v) is 9.44. The van der Waals surface area contributed by atoms with Gasteiger partial charge in [0.05, 0.1) is 6.42 Å². The molecule has 0 aliphatic heterocycles. The molecule has 1 unspecified atom stereocenters. The smallest absolute Gasteiger partial charge is 0.348 e. The summed E-state index contributed by atoms with van der Waals surface area (Å²) in [5, 5.41) is 10.5. The SMILES string of the molecule is CC(C)(C)OC(=O)C(N)(CC(=O)O)NC=O. The van der Waals surface area contributed by atoms with Crippen molar-refractivity contribution in [2.75, 3.05) is 0 Å². The van der Waals surface area contributed by atoms with Gasteiger partial charge in [-0.15, -0.1) is 0 Å². The summed E-state index contributed by atoms with van der Waals surface area (Å²) in [7, 11) is 0. The van der Waals surface area contributed by atoms with Gasteiger partial charge in [-0.2, -0.15) is 0 Å². The Kier molecular flexibility index (Phi) is 4.43. The first-order valence-electron chi connectivity index (χ1n) is 4.56. The van der Waals surface area contributed by atoms with E-state index in [9.17, 15) is 14.4 Å². The van der Waals surface area contributed by atoms with Crippen molar-refractivity contribution >= 4 is 18.3 Å². The summed E-state index contributed by atoms with van der Waals surface area (Å²) in [6.45, 7) is 4.81. The monoisotopic (exact) mass is 232 g/mol. The third kappa shape index (κ3) is 4.74. The minimum Gasteiger partial charge on any atom is -0.481 e. The Bertz CT molecular complexity index is 297. The van der Waals surface area contributed by atoms with Gasteiger partial charge in [-0.05, 0) is 20.8 Å². The lowest BCUT2D eigenvalue weighted by Crippen LogP contribution is -2.62. The molecule has 0 saturated heterocycles. The van der Waals surface area contributed by atoms with E-state index in [2.05, 4.69) is 0 Å². The molecule has 0 bridgehead atoms. The number of carboxylic acid groups (broad SMARTS) is 1. The highest BCUT2D eigenvalue weighted by molar-refractivity contribution is 5.87. The Morgan fingerprint density at radius 2 is 1.94 bits per heavy atom. The Balaban J connectivity index is 4.82. The first-order chi connectivity index (χ1) is 7.10. The van der Waals surface area contributed by atoms with E-state index in [0.717, 1.165) is 0 Å². The number of rotatable bonds is 5. The fourth-order valence-electron chi connectivity index (χ4n) is 0.895. The van der Waals surface area contributed by atoms with Gasteiger partial charge in [0.25, 0.3) is 0 Å². The standard InChI is InChI=1S/C9H16N2O5/c1-8(2,3)16-7(15)9(10,11-5-12)4-6(13)14/h5H,4,10H2,1-3H3,(H,11,12)(H,13,14). The van der Waals surface area contributed by atoms with Gasteiger partial charge < -0.3 is 15.2 Å². The Morgan fingerprint density at radius 3 is 2.25 bits per heavy atom. The first-order valence-corrected chi connectivity index (χ1v) is 4.56. The lowest BCUT2D eigenvalue weighted by Gasteiger charge is -2.29. The van der Waals surface area contributed by atoms with Gasteiger partial charge in [-0.3, -0.25) is 15.3 Å². The van der Waals surface area contributed by atoms with E-state index in [0.29, 0.717) is 0 Å². The van der Waals surface area contributed by atoms with Crippen LogP contribution in [0.2, 0.25) is 0 Å². The highest BCUT2D eigenvalue weighted by Crippen LogP contribution is 2.13. The number of hydrogen-bond acceptors (Lipinski definition) is 5. The van der Waals surface area contributed by atoms with Crippen molar-refractivity contribution in [3.8, 4) is 0 Å². The molecule has 0 saturated carbocycles. The molecule has 92 valence electrons. The van der Waals surface area contributed by atoms with Crippen LogP contribution in [0, 0.1) is 0 Å². The van der Waals surface area contributed by atoms with Gasteiger partial charge in [-0.25, -0.2) is 4.79 Å². The number of esters is 1. The summed E-state index contributed by atoms with van der Waals surface area (Å²) in [5.41, 5.74) is 2.61. The number of amides is 1. The van der Waals surface area contributed by atoms with Crippen molar-refractivity contribution in [1.82, 2.24) is 5.32 Å². The predicted molar refractivity (Wildman–Crippen MR) is 54.2 cm³/mol. The largest absolute Gasteiger partial charge is 0.481 e. The summed E-state index contributed by atoms with van der Waals surface area (Å²) in [6.07, 6.45) is -0.590. The fourth-order valence-corrected chi connectivity index (χ4v) is 0.895. The predicted octanol–water partition coefficient (Wildman–Crippen LogP) is -0.796. The summed E-state index contributed by atoms with van der Waals surface area (Å²) >= 11 is 0. The molecular formula is C9H16N2O5. The summed E-state index contributed by atoms with van der Waals surface area (Å²) in [4.78, 5) is 32.4. The van der Waals surface area contributed by atoms with Gasteiger partial charge >= 0.3 is 11.9 Å². The van der Waals surface area contributed by atoms with Gasteiger partial charge in [0.1, 0.15) is 5.60 Å². The van der Waals surface area contributed by atoms with E-state index < -0.39 is 29.6 Å². The first kappa shape index (κ1) is 14.4. The molecular weight excluding hydrogens is 216 g/mol. The van der Waals surface area contributed by atoms with Gasteiger partial charge in [0, 0.05) is 0 Å². The van der Waals surface area contributed by atoms with E-state index >= 15 is 0 Å². The zero-order chi connectivity index (χ0) is 13.0. The van der Waals surface area contributed by atoms with Crippen molar-refractivity contribution in [2.45, 2.75) is 38.5 Å². The average Bonchev–Trinajstić information content (AvgIpc) is 1.99. The quantitative estimate of drug-likeness (QED) is 0.324. The summed E-state index contributed by atoms with van der Waals surface area (Å²) in [6, 6.07) is 0. The molecule has 1 amide bonds. The van der Waals surface area contributed by atoms with Gasteiger partial charge in [-0.1, -0.05) is 0 Å². The molecule has 7 heteroatoms. The van der Waals surface area contributed by atoms with Crippen LogP contribution in [0.1, 0.15) is 27.2 Å². The number of aliphatic carboxylic acids is 1. The maximum absolute atomic E-state index is 11.6. The average molecular weight is 232 g/mol. The van der Waals surface area contributed by atoms with E-state index in [-0.39, 0.29) is 6.41 Å². The van der Waals surface area contributed by atoms with Crippen LogP contribution < -0.4 is 11.1 Å². The third-order valence-corrected chi connectivity index (χ3v) is 1.51. The van der Waals surface area contributed by atoms with Crippen LogP contribution in [0.25, 0.3) is 0 Å². The molecule has 0 heterocycles. The van der Waals surface area contributed by atoms with Gasteiger partial charge in [0.15, 0.2) is 5.66 Å². The number of nitrogens with two attached hydrogens (primary N) is 1. The maximum atomic E-state index is 11.6. The minimum atomic E-state index is -2.04. The van der Waals surface area contributed by atoms with Crippen LogP contribution in [-0.2, 0) is 19.1 Å². The molecule has 7 nitrogen and oxygen atoms in total. The molecule has 0 aliphatic carbocycles. The molecule has 1 atom stereocenters. The number of hydrogen-bond donors (Lipinski definition) is 3. The van der Waals surface area contributed by atoms with Crippen molar-refractivity contribution in [3.05, 3.63) is 0 Å². The van der Waals surface area contributed by atoms with Crippen LogP contribution in [0.3, 0.4) is 0 Å². The Morgan fingerprint density at radius 1 is 1.44 bits per heavy atom. The van der Waals surface area contributed by atoms with Crippen molar-refractivity contribution in [1.29, 1.82) is 0 Å². The highest BCUT2D eigenvalue weighted by atomic mass is 16.6. The lowest BCUT2D eigenvalue weighted by molar-refractivity contribution is -0.166. The van der Waals surface area contributed by atoms with Crippen molar-refractivity contribution in [3.63, 3.8) is 0 Å². The molecule has 4 N–H and O–H groups in total. The normalized spacial score (nSPS) is 14.8. The second-order valence-electron chi connectivity index (χ2n) is 4.31. The van der Waals surface area contributed by atoms with Crippen LogP contribution in [-0.4, -0.2) is 34.7 Å². The third-order valence-electron chi connectivity index (χ3n) is 1.51. The number of nitrogens with one attached hydrogen (secondary N) is 1. The summed E-state index contributed by atoms with van der Waals surface area (Å²) < 4.78 is 4.91. The molecule has 0 spiro atoms. The van der Waals surface area contributed by atoms with Gasteiger partial charge in [0.2, 0.25) is 6.41 Å². The summed E-state index contributed by atoms with van der Waals surface area (Å²) in [5.74, 6) is -2.31. The molecule has 0 aliphatic rings. The van der Waals surface area contributed by atoms with Crippen molar-refractivity contribution < 1.29 is 24.2 Å². The molecule has 0 rings (SSSR count). The fraction of sp³-hybridized carbons (Fsp3) is 0.667. The van der Waals surface area contributed by atoms with E-state index in [1.165, 1.54) is 0 Å². The number of ether oxygens (including phenoxy) is 1. The molecule has 0 fully saturated rings. The number of carbonyl (C=O) groups is 3. The minimum absolute atomic E-state index is 0.160. The molecule has 16 heavy (non-hydrogen) atoms. The van der Waals surface area contributed by atoms with Crippen molar-refractivity contribution in [2.24, 2.45) is 5.73 Å². The van der Waals surface area contributed by atoms with Crippen LogP contribution in [0.4, 0.5) is 0 Å². The zero-order valence-electron chi connectivity index (χ0n) is 9.44. The van der Waals surface area contributed by atoms with E-state index in [1.807, 2.05) is 5.32 Å². The molecule has 0 radical (unpaired) electrons. The highest BCUT2D eigenvalue weighted by Gasteiger charge is 2.39. The van der Waals surface area contributed by atoms with E-state index in [1.54, 1.807) is 20.8 Å². The Labute approximate surface area is 92.9 Å². The van der Waals surface area contributed by atoms with Crippen LogP contribution in [0.5, 0.6) is 0 Å². The number of carboxylic acids is 1. The number of carbonyl (C=O) groups excluding carboxylic acids is 2. The molecule has 0 aromatic heterocycles. The van der Waals surface area contributed by atoms with Crippen LogP contribution >= 0.6 is 0 Å². The second-order valence-corrected chi connectivity index (χ2v) is 4.31. The molecule has 0 aromatic rings. The maximum Gasteiger partial charge on any atom is 0.348 e. The lowest BCUT2D eigenvalue weighted by atomic mass is 10.1. The van der Waals surface area contributed by atoms with E-state index in [4.69, 9.17) is 15.6 Å². The topological polar surface area (TPSA) is 119 Å². The Hall–Kier alpha value is -1.63. The van der Waals surface area contributed by atoms with Crippen LogP contribution in [0.15, 0.2) is 0 Å².